The summed E-state index contributed by atoms with van der Waals surface area (Å²) >= 11 is 0. The summed E-state index contributed by atoms with van der Waals surface area (Å²) in [5.41, 5.74) is 2.62. The van der Waals surface area contributed by atoms with Crippen molar-refractivity contribution in [1.29, 1.82) is 0 Å². The first-order valence-corrected chi connectivity index (χ1v) is 24.0. The second kappa shape index (κ2) is 8.03. The van der Waals surface area contributed by atoms with Crippen LogP contribution in [0.25, 0.3) is 0 Å². The number of hydrogen-bond donors (Lipinski definition) is 1. The summed E-state index contributed by atoms with van der Waals surface area (Å²) in [6.45, 7) is 24.6. The lowest BCUT2D eigenvalue weighted by molar-refractivity contribution is 0.0521. The van der Waals surface area contributed by atoms with E-state index >= 15 is 0 Å². The van der Waals surface area contributed by atoms with Crippen LogP contribution in [0.5, 0.6) is 0 Å². The molecule has 0 aromatic rings. The largest absolute Gasteiger partial charge is 0.456 e. The molecule has 25 heavy (non-hydrogen) atoms. The molecule has 0 aliphatic heterocycles. The molecule has 2 bridgehead atoms. The van der Waals surface area contributed by atoms with Crippen molar-refractivity contribution in [1.82, 2.24) is 0 Å². The van der Waals surface area contributed by atoms with E-state index in [0.717, 1.165) is 25.2 Å². The lowest BCUT2D eigenvalue weighted by Crippen LogP contribution is -2.51. The van der Waals surface area contributed by atoms with Crippen LogP contribution in [-0.2, 0) is 4.12 Å². The van der Waals surface area contributed by atoms with Gasteiger partial charge in [-0.1, -0.05) is 39.3 Å². The van der Waals surface area contributed by atoms with Crippen LogP contribution in [0.3, 0.4) is 0 Å². The fraction of sp³-hybridized carbons (Fsp3) is 1.00. The maximum atomic E-state index is 9.54. The number of aliphatic hydroxyl groups is 1. The summed E-state index contributed by atoms with van der Waals surface area (Å²) in [5.74, 6) is 0.889. The third kappa shape index (κ3) is 10.0. The average Bonchev–Trinajstić information content (AvgIpc) is 2.77. The average molecular weight is 419 g/mol. The van der Waals surface area contributed by atoms with Gasteiger partial charge in [-0.15, -0.1) is 0 Å². The minimum absolute atomic E-state index is 0.190. The lowest BCUT2D eigenvalue weighted by atomic mass is 9.98. The lowest BCUT2D eigenvalue weighted by Gasteiger charge is -2.39. The van der Waals surface area contributed by atoms with Gasteiger partial charge in [-0.25, -0.2) is 0 Å². The van der Waals surface area contributed by atoms with Gasteiger partial charge in [-0.3, -0.25) is 0 Å². The van der Waals surface area contributed by atoms with E-state index in [1.54, 1.807) is 0 Å². The molecule has 0 radical (unpaired) electrons. The SMILES string of the molecule is C[Si](C)(C)C[Si](C)(C)O[Si](C)(C)C[Si](C)(C)C.OC12CCC(CC1)C2. The van der Waals surface area contributed by atoms with Gasteiger partial charge in [0, 0.05) is 16.1 Å². The Kier molecular flexibility index (Phi) is 7.66. The Bertz CT molecular complexity index is 402. The van der Waals surface area contributed by atoms with Crippen molar-refractivity contribution < 1.29 is 9.22 Å². The molecule has 150 valence electrons. The fourth-order valence-corrected chi connectivity index (χ4v) is 33.8. The van der Waals surface area contributed by atoms with E-state index in [1.165, 1.54) is 24.2 Å². The van der Waals surface area contributed by atoms with Crippen LogP contribution in [0.2, 0.25) is 76.8 Å². The van der Waals surface area contributed by atoms with Crippen LogP contribution in [0.4, 0.5) is 0 Å². The monoisotopic (exact) mass is 418 g/mol. The van der Waals surface area contributed by atoms with Crippen LogP contribution in [0, 0.1) is 5.92 Å². The highest BCUT2D eigenvalue weighted by atomic mass is 28.5. The van der Waals surface area contributed by atoms with E-state index in [4.69, 9.17) is 4.12 Å². The molecule has 0 spiro atoms. The van der Waals surface area contributed by atoms with Crippen molar-refractivity contribution in [3.8, 4) is 0 Å². The predicted octanol–water partition coefficient (Wildman–Crippen LogP) is 6.48. The highest BCUT2D eigenvalue weighted by Crippen LogP contribution is 2.47. The van der Waals surface area contributed by atoms with Crippen molar-refractivity contribution in [2.24, 2.45) is 5.92 Å². The third-order valence-electron chi connectivity index (χ3n) is 5.17. The van der Waals surface area contributed by atoms with E-state index < -0.39 is 32.8 Å². The Labute approximate surface area is 162 Å². The van der Waals surface area contributed by atoms with Gasteiger partial charge in [0.25, 0.3) is 0 Å². The highest BCUT2D eigenvalue weighted by Gasteiger charge is 2.43. The van der Waals surface area contributed by atoms with Gasteiger partial charge in [0.2, 0.25) is 0 Å². The van der Waals surface area contributed by atoms with Gasteiger partial charge in [0.05, 0.1) is 5.60 Å². The second-order valence-electron chi connectivity index (χ2n) is 12.5. The zero-order valence-corrected chi connectivity index (χ0v) is 22.9. The van der Waals surface area contributed by atoms with Crippen LogP contribution < -0.4 is 0 Å². The molecule has 0 saturated heterocycles. The van der Waals surface area contributed by atoms with Gasteiger partial charge in [-0.2, -0.15) is 0 Å². The minimum atomic E-state index is -1.43. The van der Waals surface area contributed by atoms with Gasteiger partial charge < -0.3 is 9.22 Å². The molecule has 0 amide bonds. The van der Waals surface area contributed by atoms with Crippen molar-refractivity contribution in [3.05, 3.63) is 0 Å². The molecule has 2 saturated carbocycles. The molecule has 0 aromatic carbocycles. The summed E-state index contributed by atoms with van der Waals surface area (Å²) in [6.07, 6.45) is 5.84. The van der Waals surface area contributed by atoms with E-state index in [1.807, 2.05) is 0 Å². The Morgan fingerprint density at radius 2 is 1.12 bits per heavy atom. The Hall–Kier alpha value is 0.788. The summed E-state index contributed by atoms with van der Waals surface area (Å²) in [6, 6.07) is 0. The van der Waals surface area contributed by atoms with Crippen molar-refractivity contribution in [2.75, 3.05) is 0 Å². The summed E-state index contributed by atoms with van der Waals surface area (Å²) in [7, 11) is -4.82. The number of hydrogen-bond acceptors (Lipinski definition) is 2. The quantitative estimate of drug-likeness (QED) is 0.500. The zero-order valence-electron chi connectivity index (χ0n) is 18.9. The molecule has 2 fully saturated rings. The van der Waals surface area contributed by atoms with Crippen molar-refractivity contribution in [2.45, 2.75) is 115 Å². The zero-order chi connectivity index (χ0) is 19.7. The first kappa shape index (κ1) is 23.8. The van der Waals surface area contributed by atoms with Gasteiger partial charge in [0.1, 0.15) is 0 Å². The van der Waals surface area contributed by atoms with Crippen LogP contribution >= 0.6 is 0 Å². The molecule has 2 nitrogen and oxygen atoms in total. The molecule has 2 aliphatic carbocycles. The number of rotatable bonds is 6. The third-order valence-corrected chi connectivity index (χ3v) is 24.9. The standard InChI is InChI=1S/C12H34OSi4.C7H12O/c1-14(2,3)11-16(7,8)13-17(9,10)12-15(4,5)6;8-7-3-1-6(5-7)2-4-7/h11-12H2,1-10H3;6,8H,1-5H2. The molecular weight excluding hydrogens is 373 g/mol. The van der Waals surface area contributed by atoms with Crippen molar-refractivity contribution in [3.63, 3.8) is 0 Å². The smallest absolute Gasteiger partial charge is 0.170 e. The molecule has 0 unspecified atom stereocenters. The van der Waals surface area contributed by atoms with E-state index in [-0.39, 0.29) is 5.60 Å². The Balaban J connectivity index is 0.000000316. The van der Waals surface area contributed by atoms with Gasteiger partial charge in [0.15, 0.2) is 16.6 Å². The van der Waals surface area contributed by atoms with Crippen LogP contribution in [-0.4, -0.2) is 43.5 Å². The van der Waals surface area contributed by atoms with Gasteiger partial charge in [-0.05, 0) is 75.5 Å². The van der Waals surface area contributed by atoms with E-state index in [2.05, 4.69) is 65.5 Å². The molecule has 0 atom stereocenters. The summed E-state index contributed by atoms with van der Waals surface area (Å²) in [4.78, 5) is 0. The summed E-state index contributed by atoms with van der Waals surface area (Å²) in [5, 5.41) is 9.54. The van der Waals surface area contributed by atoms with Gasteiger partial charge >= 0.3 is 0 Å². The molecule has 6 heteroatoms. The minimum Gasteiger partial charge on any atom is -0.456 e. The molecule has 0 aromatic heterocycles. The van der Waals surface area contributed by atoms with E-state index in [9.17, 15) is 5.11 Å². The first-order chi connectivity index (χ1) is 10.9. The fourth-order valence-electron chi connectivity index (χ4n) is 5.53. The Morgan fingerprint density at radius 1 is 0.760 bits per heavy atom. The Morgan fingerprint density at radius 3 is 1.28 bits per heavy atom. The summed E-state index contributed by atoms with van der Waals surface area (Å²) < 4.78 is 6.72. The normalized spacial score (nSPS) is 27.2. The first-order valence-electron chi connectivity index (χ1n) is 10.3. The van der Waals surface area contributed by atoms with E-state index in [0.29, 0.717) is 0 Å². The predicted molar refractivity (Wildman–Crippen MR) is 124 cm³/mol. The second-order valence-corrected chi connectivity index (χ2v) is 33.4. The molecule has 0 heterocycles. The van der Waals surface area contributed by atoms with Crippen LogP contribution in [0.1, 0.15) is 32.1 Å². The molecule has 2 aliphatic rings. The molecule has 2 rings (SSSR count). The maximum absolute atomic E-state index is 9.54. The highest BCUT2D eigenvalue weighted by molar-refractivity contribution is 6.99. The van der Waals surface area contributed by atoms with Crippen LogP contribution in [0.15, 0.2) is 0 Å². The number of fused-ring (bicyclic) bond motifs is 2. The maximum Gasteiger partial charge on any atom is 0.170 e. The molecular formula is C19H46O2Si4. The molecule has 1 N–H and O–H groups in total. The van der Waals surface area contributed by atoms with Crippen molar-refractivity contribution >= 4 is 32.8 Å². The topological polar surface area (TPSA) is 29.5 Å².